The van der Waals surface area contributed by atoms with Crippen molar-refractivity contribution >= 4 is 10.9 Å². The number of hydrogen-bond acceptors (Lipinski definition) is 3. The number of hydrogen-bond donors (Lipinski definition) is 2. The molecule has 1 heterocycles. The molecule has 0 spiro atoms. The van der Waals surface area contributed by atoms with Gasteiger partial charge in [0.25, 0.3) is 0 Å². The first-order valence-electron chi connectivity index (χ1n) is 7.28. The molecule has 5 heteroatoms. The fraction of sp³-hybridized carbons (Fsp3) is 0.438. The maximum Gasteiger partial charge on any atom is 0.248 e. The van der Waals surface area contributed by atoms with E-state index in [1.165, 1.54) is 0 Å². The number of nitrogens with zero attached hydrogens (tertiary/aromatic N) is 1. The van der Waals surface area contributed by atoms with Crippen LogP contribution in [0.15, 0.2) is 36.5 Å². The van der Waals surface area contributed by atoms with E-state index in [4.69, 9.17) is 5.84 Å². The molecule has 21 heavy (non-hydrogen) atoms. The smallest absolute Gasteiger partial charge is 0.248 e. The molecule has 3 nitrogen and oxygen atoms in total. The molecule has 1 saturated carbocycles. The lowest BCUT2D eigenvalue weighted by Crippen LogP contribution is -2.37. The molecule has 0 bridgehead atoms. The van der Waals surface area contributed by atoms with Crippen LogP contribution in [0.5, 0.6) is 0 Å². The molecule has 0 saturated heterocycles. The van der Waals surface area contributed by atoms with Crippen LogP contribution < -0.4 is 11.3 Å². The molecule has 0 aliphatic heterocycles. The summed E-state index contributed by atoms with van der Waals surface area (Å²) in [6.07, 6.45) is 2.64. The molecule has 2 aromatic rings. The van der Waals surface area contributed by atoms with Gasteiger partial charge >= 0.3 is 0 Å². The third-order valence-electron chi connectivity index (χ3n) is 4.40. The summed E-state index contributed by atoms with van der Waals surface area (Å²) in [4.78, 5) is 4.29. The van der Waals surface area contributed by atoms with Crippen LogP contribution >= 0.6 is 0 Å². The molecule has 3 N–H and O–H groups in total. The van der Waals surface area contributed by atoms with Gasteiger partial charge in [0.2, 0.25) is 5.92 Å². The van der Waals surface area contributed by atoms with Gasteiger partial charge in [-0.3, -0.25) is 16.3 Å². The van der Waals surface area contributed by atoms with Crippen molar-refractivity contribution in [1.29, 1.82) is 0 Å². The molecule has 1 aromatic carbocycles. The lowest BCUT2D eigenvalue weighted by molar-refractivity contribution is -0.0497. The van der Waals surface area contributed by atoms with Gasteiger partial charge in [0.1, 0.15) is 0 Å². The molecular weight excluding hydrogens is 272 g/mol. The summed E-state index contributed by atoms with van der Waals surface area (Å²) in [5.74, 6) is 3.33. The fourth-order valence-electron chi connectivity index (χ4n) is 3.19. The number of hydrazine groups is 1. The SMILES string of the molecule is NNC(c1ccc2ncccc2c1)C1CCC(F)(F)CC1. The summed E-state index contributed by atoms with van der Waals surface area (Å²) in [7, 11) is 0. The molecule has 1 aliphatic rings. The lowest BCUT2D eigenvalue weighted by atomic mass is 9.79. The van der Waals surface area contributed by atoms with Gasteiger partial charge in [-0.2, -0.15) is 0 Å². The van der Waals surface area contributed by atoms with Crippen molar-refractivity contribution in [3.05, 3.63) is 42.1 Å². The van der Waals surface area contributed by atoms with E-state index in [2.05, 4.69) is 10.4 Å². The summed E-state index contributed by atoms with van der Waals surface area (Å²) >= 11 is 0. The number of nitrogens with two attached hydrogens (primary N) is 1. The molecule has 0 amide bonds. The van der Waals surface area contributed by atoms with Crippen LogP contribution in [0.2, 0.25) is 0 Å². The zero-order valence-corrected chi connectivity index (χ0v) is 11.7. The Labute approximate surface area is 122 Å². The third kappa shape index (κ3) is 3.04. The first kappa shape index (κ1) is 14.4. The maximum atomic E-state index is 13.3. The number of halogens is 2. The number of alkyl halides is 2. The zero-order chi connectivity index (χ0) is 14.9. The van der Waals surface area contributed by atoms with Crippen molar-refractivity contribution in [3.8, 4) is 0 Å². The predicted molar refractivity (Wildman–Crippen MR) is 78.7 cm³/mol. The van der Waals surface area contributed by atoms with Crippen LogP contribution in [0.25, 0.3) is 10.9 Å². The topological polar surface area (TPSA) is 50.9 Å². The minimum Gasteiger partial charge on any atom is -0.271 e. The van der Waals surface area contributed by atoms with Crippen LogP contribution in [-0.4, -0.2) is 10.9 Å². The van der Waals surface area contributed by atoms with E-state index in [0.717, 1.165) is 16.5 Å². The molecule has 1 unspecified atom stereocenters. The van der Waals surface area contributed by atoms with Gasteiger partial charge in [-0.1, -0.05) is 12.1 Å². The van der Waals surface area contributed by atoms with E-state index in [0.29, 0.717) is 12.8 Å². The zero-order valence-electron chi connectivity index (χ0n) is 11.7. The largest absolute Gasteiger partial charge is 0.271 e. The Morgan fingerprint density at radius 3 is 2.71 bits per heavy atom. The highest BCUT2D eigenvalue weighted by atomic mass is 19.3. The minimum absolute atomic E-state index is 0.0506. The van der Waals surface area contributed by atoms with Crippen LogP contribution in [0.1, 0.15) is 37.3 Å². The van der Waals surface area contributed by atoms with Crippen molar-refractivity contribution in [1.82, 2.24) is 10.4 Å². The normalized spacial score (nSPS) is 20.5. The van der Waals surface area contributed by atoms with Crippen molar-refractivity contribution in [3.63, 3.8) is 0 Å². The van der Waals surface area contributed by atoms with E-state index in [9.17, 15) is 8.78 Å². The molecule has 112 valence electrons. The van der Waals surface area contributed by atoms with Gasteiger partial charge in [-0.15, -0.1) is 0 Å². The van der Waals surface area contributed by atoms with Gasteiger partial charge in [-0.05, 0) is 42.5 Å². The molecule has 1 atom stereocenters. The van der Waals surface area contributed by atoms with Gasteiger partial charge in [-0.25, -0.2) is 8.78 Å². The van der Waals surface area contributed by atoms with Gasteiger partial charge in [0, 0.05) is 30.5 Å². The van der Waals surface area contributed by atoms with E-state index in [1.807, 2.05) is 30.3 Å². The predicted octanol–water partition coefficient (Wildman–Crippen LogP) is 3.56. The van der Waals surface area contributed by atoms with Crippen molar-refractivity contribution in [2.45, 2.75) is 37.6 Å². The monoisotopic (exact) mass is 291 g/mol. The summed E-state index contributed by atoms with van der Waals surface area (Å²) in [6.45, 7) is 0. The van der Waals surface area contributed by atoms with Gasteiger partial charge in [0.15, 0.2) is 0 Å². The number of benzene rings is 1. The van der Waals surface area contributed by atoms with Crippen LogP contribution in [0.3, 0.4) is 0 Å². The quantitative estimate of drug-likeness (QED) is 0.671. The Hall–Kier alpha value is -1.59. The molecule has 1 aliphatic carbocycles. The third-order valence-corrected chi connectivity index (χ3v) is 4.40. The van der Waals surface area contributed by atoms with Gasteiger partial charge < -0.3 is 0 Å². The summed E-state index contributed by atoms with van der Waals surface area (Å²) in [6, 6.07) is 9.76. The second kappa shape index (κ2) is 5.66. The molecule has 0 radical (unpaired) electrons. The number of aromatic nitrogens is 1. The van der Waals surface area contributed by atoms with Crippen molar-refractivity contribution in [2.24, 2.45) is 11.8 Å². The highest BCUT2D eigenvalue weighted by molar-refractivity contribution is 5.79. The Balaban J connectivity index is 1.84. The van der Waals surface area contributed by atoms with E-state index >= 15 is 0 Å². The average molecular weight is 291 g/mol. The Kier molecular flexibility index (Phi) is 3.87. The molecular formula is C16H19F2N3. The van der Waals surface area contributed by atoms with E-state index in [1.54, 1.807) is 6.20 Å². The van der Waals surface area contributed by atoms with Gasteiger partial charge in [0.05, 0.1) is 5.52 Å². The highest BCUT2D eigenvalue weighted by Crippen LogP contribution is 2.41. The Morgan fingerprint density at radius 1 is 1.24 bits per heavy atom. The first-order valence-corrected chi connectivity index (χ1v) is 7.28. The number of rotatable bonds is 3. The maximum absolute atomic E-state index is 13.3. The van der Waals surface area contributed by atoms with E-state index in [-0.39, 0.29) is 24.8 Å². The minimum atomic E-state index is -2.51. The van der Waals surface area contributed by atoms with Crippen LogP contribution in [0.4, 0.5) is 8.78 Å². The van der Waals surface area contributed by atoms with Crippen LogP contribution in [0, 0.1) is 5.92 Å². The van der Waals surface area contributed by atoms with Crippen LogP contribution in [-0.2, 0) is 0 Å². The number of pyridine rings is 1. The molecule has 1 fully saturated rings. The highest BCUT2D eigenvalue weighted by Gasteiger charge is 2.37. The van der Waals surface area contributed by atoms with E-state index < -0.39 is 5.92 Å². The molecule has 1 aromatic heterocycles. The Bertz CT molecular complexity index is 620. The fourth-order valence-corrected chi connectivity index (χ4v) is 3.19. The molecule has 3 rings (SSSR count). The standard InChI is InChI=1S/C16H19F2N3/c17-16(18)7-5-11(6-8-16)15(21-19)13-3-4-14-12(10-13)2-1-9-20-14/h1-4,9-11,15,21H,5-8,19H2. The van der Waals surface area contributed by atoms with Crippen molar-refractivity contribution < 1.29 is 8.78 Å². The summed E-state index contributed by atoms with van der Waals surface area (Å²) in [5.41, 5.74) is 4.77. The van der Waals surface area contributed by atoms with Crippen molar-refractivity contribution in [2.75, 3.05) is 0 Å². The number of nitrogens with one attached hydrogen (secondary N) is 1. The lowest BCUT2D eigenvalue weighted by Gasteiger charge is -2.33. The first-order chi connectivity index (χ1) is 10.1. The number of fused-ring (bicyclic) bond motifs is 1. The summed E-state index contributed by atoms with van der Waals surface area (Å²) in [5, 5.41) is 1.04. The second-order valence-corrected chi connectivity index (χ2v) is 5.79. The Morgan fingerprint density at radius 2 is 2.00 bits per heavy atom. The average Bonchev–Trinajstić information content (AvgIpc) is 2.49. The summed E-state index contributed by atoms with van der Waals surface area (Å²) < 4.78 is 26.6. The second-order valence-electron chi connectivity index (χ2n) is 5.79.